The first-order chi connectivity index (χ1) is 18.8. The van der Waals surface area contributed by atoms with E-state index in [1.165, 1.54) is 29.9 Å². The second kappa shape index (κ2) is 11.1. The Hall–Kier alpha value is -3.86. The van der Waals surface area contributed by atoms with E-state index in [4.69, 9.17) is 16.3 Å². The van der Waals surface area contributed by atoms with E-state index in [1.54, 1.807) is 29.1 Å². The van der Waals surface area contributed by atoms with Gasteiger partial charge in [0.15, 0.2) is 11.6 Å². The van der Waals surface area contributed by atoms with Crippen molar-refractivity contribution in [1.29, 1.82) is 0 Å². The van der Waals surface area contributed by atoms with Gasteiger partial charge in [0.2, 0.25) is 0 Å². The summed E-state index contributed by atoms with van der Waals surface area (Å²) in [6, 6.07) is 7.07. The molecule has 1 aliphatic carbocycles. The Labute approximate surface area is 226 Å². The van der Waals surface area contributed by atoms with Gasteiger partial charge in [-0.3, -0.25) is 23.9 Å². The smallest absolute Gasteiger partial charge is 0.333 e. The van der Waals surface area contributed by atoms with Crippen LogP contribution < -0.4 is 15.7 Å². The Morgan fingerprint density at radius 3 is 2.62 bits per heavy atom. The van der Waals surface area contributed by atoms with Gasteiger partial charge in [0.05, 0.1) is 40.6 Å². The minimum Gasteiger partial charge on any atom is -0.494 e. The Balaban J connectivity index is 1.31. The van der Waals surface area contributed by atoms with Crippen LogP contribution in [0.5, 0.6) is 5.75 Å². The van der Waals surface area contributed by atoms with Crippen LogP contribution in [-0.4, -0.2) is 38.2 Å². The average Bonchev–Trinajstić information content (AvgIpc) is 3.20. The number of alkyl halides is 2. The summed E-state index contributed by atoms with van der Waals surface area (Å²) in [5.74, 6) is -1.00. The number of nitrogens with zero attached hydrogens (tertiary/aromatic N) is 4. The number of rotatable bonds is 7. The van der Waals surface area contributed by atoms with Crippen molar-refractivity contribution in [3.63, 3.8) is 0 Å². The molecule has 12 heteroatoms. The molecule has 3 aromatic heterocycles. The van der Waals surface area contributed by atoms with E-state index in [9.17, 15) is 22.8 Å². The molecule has 1 aliphatic rings. The Kier molecular flexibility index (Phi) is 7.60. The van der Waals surface area contributed by atoms with E-state index in [0.717, 1.165) is 6.20 Å². The number of methoxy groups -OCH3 is 1. The van der Waals surface area contributed by atoms with E-state index in [1.807, 2.05) is 0 Å². The van der Waals surface area contributed by atoms with Gasteiger partial charge in [-0.1, -0.05) is 11.6 Å². The average molecular weight is 560 g/mol. The molecule has 4 aromatic rings. The first kappa shape index (κ1) is 26.7. The molecule has 0 radical (unpaired) electrons. The number of pyridine rings is 2. The number of carbonyl (C=O) groups is 1. The fraction of sp³-hybridized carbons (Fsp3) is 0.333. The van der Waals surface area contributed by atoms with Crippen molar-refractivity contribution in [2.75, 3.05) is 7.11 Å². The van der Waals surface area contributed by atoms with Crippen LogP contribution >= 0.6 is 11.6 Å². The van der Waals surface area contributed by atoms with Crippen LogP contribution in [0.2, 0.25) is 5.02 Å². The quantitative estimate of drug-likeness (QED) is 0.331. The molecule has 1 fully saturated rings. The van der Waals surface area contributed by atoms with Gasteiger partial charge in [-0.05, 0) is 55.9 Å². The van der Waals surface area contributed by atoms with Gasteiger partial charge in [0.25, 0.3) is 12.3 Å². The summed E-state index contributed by atoms with van der Waals surface area (Å²) in [5.41, 5.74) is 0.439. The Morgan fingerprint density at radius 1 is 1.15 bits per heavy atom. The molecule has 0 spiro atoms. The molecule has 3 heterocycles. The maximum Gasteiger partial charge on any atom is 0.333 e. The fourth-order valence-corrected chi connectivity index (χ4v) is 5.30. The molecule has 204 valence electrons. The predicted octanol–water partition coefficient (Wildman–Crippen LogP) is 5.31. The van der Waals surface area contributed by atoms with Gasteiger partial charge >= 0.3 is 5.69 Å². The number of benzene rings is 1. The standard InChI is InChI=1S/C27H25ClF3N5O3/c1-39-23-7-6-18(11-20(23)29)36-22-13-32-9-8-21(22)35(27(36)38)14-15-2-4-17(5-3-15)34-26(37)19-10-16(28)12-33-24(19)25(30)31/h6-13,15,17,25H,2-5,14H2,1H3,(H,34,37). The number of halogens is 4. The molecule has 8 nitrogen and oxygen atoms in total. The van der Waals surface area contributed by atoms with Crippen LogP contribution in [0, 0.1) is 11.7 Å². The highest BCUT2D eigenvalue weighted by atomic mass is 35.5. The van der Waals surface area contributed by atoms with Crippen molar-refractivity contribution >= 4 is 28.5 Å². The lowest BCUT2D eigenvalue weighted by molar-refractivity contribution is 0.0904. The van der Waals surface area contributed by atoms with E-state index >= 15 is 0 Å². The molecule has 39 heavy (non-hydrogen) atoms. The molecular formula is C27H25ClF3N5O3. The molecule has 0 aliphatic heterocycles. The SMILES string of the molecule is COc1ccc(-n2c(=O)n(CC3CCC(NC(=O)c4cc(Cl)cnc4C(F)F)CC3)c3ccncc32)cc1F. The summed E-state index contributed by atoms with van der Waals surface area (Å²) in [5, 5.41) is 2.93. The van der Waals surface area contributed by atoms with E-state index in [0.29, 0.717) is 48.9 Å². The molecular weight excluding hydrogens is 535 g/mol. The third-order valence-electron chi connectivity index (χ3n) is 7.08. The summed E-state index contributed by atoms with van der Waals surface area (Å²) >= 11 is 5.88. The molecule has 5 rings (SSSR count). The molecule has 1 amide bonds. The lowest BCUT2D eigenvalue weighted by atomic mass is 9.85. The van der Waals surface area contributed by atoms with Crippen molar-refractivity contribution in [3.05, 3.63) is 81.5 Å². The lowest BCUT2D eigenvalue weighted by Crippen LogP contribution is -2.39. The third-order valence-corrected chi connectivity index (χ3v) is 7.29. The van der Waals surface area contributed by atoms with Crippen molar-refractivity contribution in [1.82, 2.24) is 24.4 Å². The van der Waals surface area contributed by atoms with E-state index < -0.39 is 23.8 Å². The topological polar surface area (TPSA) is 91.0 Å². The molecule has 0 saturated heterocycles. The highest BCUT2D eigenvalue weighted by Gasteiger charge is 2.27. The lowest BCUT2D eigenvalue weighted by Gasteiger charge is -2.29. The van der Waals surface area contributed by atoms with Gasteiger partial charge in [-0.25, -0.2) is 18.0 Å². The van der Waals surface area contributed by atoms with Crippen LogP contribution in [0.15, 0.2) is 53.7 Å². The van der Waals surface area contributed by atoms with Gasteiger partial charge in [0.1, 0.15) is 5.69 Å². The van der Waals surface area contributed by atoms with Gasteiger partial charge in [0, 0.05) is 31.0 Å². The van der Waals surface area contributed by atoms with Crippen molar-refractivity contribution in [2.24, 2.45) is 5.92 Å². The minimum atomic E-state index is -2.90. The van der Waals surface area contributed by atoms with Gasteiger partial charge < -0.3 is 10.1 Å². The van der Waals surface area contributed by atoms with Crippen LogP contribution in [0.3, 0.4) is 0 Å². The summed E-state index contributed by atoms with van der Waals surface area (Å²) < 4.78 is 49.1. The minimum absolute atomic E-state index is 0.0783. The zero-order valence-electron chi connectivity index (χ0n) is 20.9. The number of nitrogens with one attached hydrogen (secondary N) is 1. The molecule has 0 unspecified atom stereocenters. The van der Waals surface area contributed by atoms with Crippen molar-refractivity contribution in [2.45, 2.75) is 44.7 Å². The number of ether oxygens (including phenoxy) is 1. The predicted molar refractivity (Wildman–Crippen MR) is 139 cm³/mol. The largest absolute Gasteiger partial charge is 0.494 e. The molecule has 1 N–H and O–H groups in total. The number of carbonyl (C=O) groups excluding carboxylic acids is 1. The number of imidazole rings is 1. The molecule has 0 atom stereocenters. The zero-order chi connectivity index (χ0) is 27.7. The van der Waals surface area contributed by atoms with Crippen LogP contribution in [0.1, 0.15) is 48.2 Å². The third kappa shape index (κ3) is 5.36. The maximum atomic E-state index is 14.4. The monoisotopic (exact) mass is 559 g/mol. The first-order valence-electron chi connectivity index (χ1n) is 12.4. The maximum absolute atomic E-state index is 14.4. The Morgan fingerprint density at radius 2 is 1.92 bits per heavy atom. The summed E-state index contributed by atoms with van der Waals surface area (Å²) in [4.78, 5) is 34.0. The Bertz CT molecular complexity index is 1580. The molecule has 0 bridgehead atoms. The van der Waals surface area contributed by atoms with Crippen LogP contribution in [0.4, 0.5) is 13.2 Å². The van der Waals surface area contributed by atoms with Gasteiger partial charge in [-0.15, -0.1) is 0 Å². The van der Waals surface area contributed by atoms with Crippen molar-refractivity contribution < 1.29 is 22.7 Å². The van der Waals surface area contributed by atoms with Crippen LogP contribution in [-0.2, 0) is 6.54 Å². The van der Waals surface area contributed by atoms with Crippen LogP contribution in [0.25, 0.3) is 16.7 Å². The highest BCUT2D eigenvalue weighted by Crippen LogP contribution is 2.29. The summed E-state index contributed by atoms with van der Waals surface area (Å²) in [6.45, 7) is 0.430. The number of hydrogen-bond donors (Lipinski definition) is 1. The summed E-state index contributed by atoms with van der Waals surface area (Å²) in [6.07, 6.45) is 4.01. The number of hydrogen-bond acceptors (Lipinski definition) is 5. The second-order valence-corrected chi connectivity index (χ2v) is 9.93. The number of amides is 1. The first-order valence-corrected chi connectivity index (χ1v) is 12.8. The normalized spacial score (nSPS) is 17.5. The second-order valence-electron chi connectivity index (χ2n) is 9.49. The summed E-state index contributed by atoms with van der Waals surface area (Å²) in [7, 11) is 1.37. The van der Waals surface area contributed by atoms with Crippen molar-refractivity contribution in [3.8, 4) is 11.4 Å². The molecule has 1 aromatic carbocycles. The number of fused-ring (bicyclic) bond motifs is 1. The van der Waals surface area contributed by atoms with E-state index in [-0.39, 0.29) is 34.0 Å². The fourth-order valence-electron chi connectivity index (χ4n) is 5.14. The van der Waals surface area contributed by atoms with Gasteiger partial charge in [-0.2, -0.15) is 0 Å². The molecule has 1 saturated carbocycles. The van der Waals surface area contributed by atoms with E-state index in [2.05, 4.69) is 15.3 Å². The highest BCUT2D eigenvalue weighted by molar-refractivity contribution is 6.30. The number of aromatic nitrogens is 4. The zero-order valence-corrected chi connectivity index (χ0v) is 21.7.